The van der Waals surface area contributed by atoms with Crippen molar-refractivity contribution >= 4 is 0 Å². The third-order valence-corrected chi connectivity index (χ3v) is 6.26. The summed E-state index contributed by atoms with van der Waals surface area (Å²) in [4.78, 5) is 0. The largest absolute Gasteiger partial charge is 0.0996 e. The zero-order valence-electron chi connectivity index (χ0n) is 17.6. The monoisotopic (exact) mass is 360 g/mol. The van der Waals surface area contributed by atoms with Gasteiger partial charge in [-0.1, -0.05) is 93.3 Å². The van der Waals surface area contributed by atoms with Crippen molar-refractivity contribution in [3.63, 3.8) is 0 Å². The zero-order chi connectivity index (χ0) is 19.2. The van der Waals surface area contributed by atoms with Crippen LogP contribution in [-0.4, -0.2) is 0 Å². The van der Waals surface area contributed by atoms with Gasteiger partial charge in [0, 0.05) is 0 Å². The number of aryl methyl sites for hydroxylation is 2. The molecule has 0 nitrogen and oxygen atoms in total. The van der Waals surface area contributed by atoms with Gasteiger partial charge in [0.25, 0.3) is 0 Å². The molecule has 1 aliphatic rings. The lowest BCUT2D eigenvalue weighted by Crippen LogP contribution is -2.05. The fraction of sp³-hybridized carbons (Fsp3) is 0.481. The third-order valence-electron chi connectivity index (χ3n) is 6.26. The minimum Gasteiger partial charge on any atom is -0.0996 e. The average Bonchev–Trinajstić information content (AvgIpc) is 2.69. The maximum atomic E-state index is 4.25. The lowest BCUT2D eigenvalue weighted by atomic mass is 9.82. The quantitative estimate of drug-likeness (QED) is 0.436. The van der Waals surface area contributed by atoms with Crippen LogP contribution in [0.5, 0.6) is 0 Å². The van der Waals surface area contributed by atoms with E-state index in [0.29, 0.717) is 5.92 Å². The summed E-state index contributed by atoms with van der Waals surface area (Å²) < 4.78 is 0. The molecule has 0 aliphatic heterocycles. The van der Waals surface area contributed by atoms with Crippen molar-refractivity contribution in [2.24, 2.45) is 5.92 Å². The summed E-state index contributed by atoms with van der Waals surface area (Å²) in [5.74, 6) is 1.36. The van der Waals surface area contributed by atoms with Crippen molar-refractivity contribution in [1.82, 2.24) is 0 Å². The van der Waals surface area contributed by atoms with Gasteiger partial charge in [-0.15, -0.1) is 0 Å². The highest BCUT2D eigenvalue weighted by Crippen LogP contribution is 2.35. The van der Waals surface area contributed by atoms with Crippen molar-refractivity contribution < 1.29 is 0 Å². The molecule has 0 radical (unpaired) electrons. The minimum atomic E-state index is 0.599. The first-order chi connectivity index (χ1) is 13.0. The second kappa shape index (κ2) is 9.40. The van der Waals surface area contributed by atoms with E-state index in [9.17, 15) is 0 Å². The summed E-state index contributed by atoms with van der Waals surface area (Å²) >= 11 is 0. The summed E-state index contributed by atoms with van der Waals surface area (Å²) in [6, 6.07) is 16.4. The van der Waals surface area contributed by atoms with E-state index in [2.05, 4.69) is 69.8 Å². The van der Waals surface area contributed by atoms with Gasteiger partial charge in [-0.05, 0) is 73.1 Å². The van der Waals surface area contributed by atoms with Crippen LogP contribution in [0.3, 0.4) is 0 Å². The van der Waals surface area contributed by atoms with E-state index >= 15 is 0 Å². The SMILES string of the molecule is C=C(CCCc1cc(-c2ccc(C)cc2)cc(C2CCCCC2)c1)C(C)C. The van der Waals surface area contributed by atoms with Crippen LogP contribution in [-0.2, 0) is 6.42 Å². The van der Waals surface area contributed by atoms with E-state index in [4.69, 9.17) is 0 Å². The van der Waals surface area contributed by atoms with Gasteiger partial charge in [0.05, 0.1) is 0 Å². The topological polar surface area (TPSA) is 0 Å². The number of benzene rings is 2. The highest BCUT2D eigenvalue weighted by molar-refractivity contribution is 5.65. The molecule has 0 N–H and O–H groups in total. The lowest BCUT2D eigenvalue weighted by molar-refractivity contribution is 0.443. The van der Waals surface area contributed by atoms with Crippen molar-refractivity contribution in [1.29, 1.82) is 0 Å². The number of hydrogen-bond acceptors (Lipinski definition) is 0. The second-order valence-corrected chi connectivity index (χ2v) is 8.83. The molecule has 144 valence electrons. The lowest BCUT2D eigenvalue weighted by Gasteiger charge is -2.23. The van der Waals surface area contributed by atoms with Crippen molar-refractivity contribution in [3.05, 3.63) is 71.3 Å². The fourth-order valence-electron chi connectivity index (χ4n) is 4.26. The standard InChI is InChI=1S/C27H36/c1-20(2)22(4)9-8-10-23-17-26(24-11-6-5-7-12-24)19-27(18-23)25-15-13-21(3)14-16-25/h13-20,24H,4-12H2,1-3H3. The van der Waals surface area contributed by atoms with Gasteiger partial charge < -0.3 is 0 Å². The summed E-state index contributed by atoms with van der Waals surface area (Å²) in [6.45, 7) is 10.9. The Hall–Kier alpha value is -1.82. The number of rotatable bonds is 7. The molecule has 0 heteroatoms. The summed E-state index contributed by atoms with van der Waals surface area (Å²) in [5.41, 5.74) is 8.55. The Kier molecular flexibility index (Phi) is 6.94. The Bertz CT molecular complexity index is 742. The molecule has 0 heterocycles. The third kappa shape index (κ3) is 5.58. The smallest absolute Gasteiger partial charge is 0.0162 e. The summed E-state index contributed by atoms with van der Waals surface area (Å²) in [5, 5.41) is 0. The second-order valence-electron chi connectivity index (χ2n) is 8.83. The van der Waals surface area contributed by atoms with Gasteiger partial charge in [0.15, 0.2) is 0 Å². The van der Waals surface area contributed by atoms with Crippen molar-refractivity contribution in [2.75, 3.05) is 0 Å². The van der Waals surface area contributed by atoms with Crippen LogP contribution in [0.2, 0.25) is 0 Å². The van der Waals surface area contributed by atoms with E-state index in [1.54, 1.807) is 5.56 Å². The fourth-order valence-corrected chi connectivity index (χ4v) is 4.26. The van der Waals surface area contributed by atoms with Crippen LogP contribution in [0.4, 0.5) is 0 Å². The Morgan fingerprint density at radius 2 is 1.67 bits per heavy atom. The molecule has 0 aromatic heterocycles. The predicted octanol–water partition coefficient (Wildman–Crippen LogP) is 8.24. The molecule has 2 aromatic rings. The predicted molar refractivity (Wildman–Crippen MR) is 119 cm³/mol. The van der Waals surface area contributed by atoms with Gasteiger partial charge in [0.2, 0.25) is 0 Å². The van der Waals surface area contributed by atoms with E-state index in [1.807, 2.05) is 0 Å². The Labute approximate surface area is 166 Å². The van der Waals surface area contributed by atoms with Crippen LogP contribution < -0.4 is 0 Å². The molecule has 0 spiro atoms. The summed E-state index contributed by atoms with van der Waals surface area (Å²) in [6.07, 6.45) is 10.4. The van der Waals surface area contributed by atoms with E-state index in [1.165, 1.54) is 66.4 Å². The van der Waals surface area contributed by atoms with Crippen LogP contribution >= 0.6 is 0 Å². The molecule has 3 rings (SSSR count). The first kappa shape index (κ1) is 19.9. The van der Waals surface area contributed by atoms with Crippen LogP contribution in [0.1, 0.15) is 81.4 Å². The molecule has 27 heavy (non-hydrogen) atoms. The highest BCUT2D eigenvalue weighted by atomic mass is 14.2. The van der Waals surface area contributed by atoms with Gasteiger partial charge in [0.1, 0.15) is 0 Å². The molecule has 1 saturated carbocycles. The molecular weight excluding hydrogens is 324 g/mol. The normalized spacial score (nSPS) is 15.3. The average molecular weight is 361 g/mol. The molecule has 0 saturated heterocycles. The van der Waals surface area contributed by atoms with Gasteiger partial charge in [-0.2, -0.15) is 0 Å². The molecule has 0 bridgehead atoms. The van der Waals surface area contributed by atoms with E-state index < -0.39 is 0 Å². The van der Waals surface area contributed by atoms with Crippen molar-refractivity contribution in [3.8, 4) is 11.1 Å². The van der Waals surface area contributed by atoms with Crippen LogP contribution in [0, 0.1) is 12.8 Å². The van der Waals surface area contributed by atoms with Gasteiger partial charge in [-0.25, -0.2) is 0 Å². The molecule has 1 fully saturated rings. The number of allylic oxidation sites excluding steroid dienone is 1. The number of hydrogen-bond donors (Lipinski definition) is 0. The Morgan fingerprint density at radius 3 is 2.33 bits per heavy atom. The molecular formula is C27H36. The molecule has 0 atom stereocenters. The van der Waals surface area contributed by atoms with E-state index in [0.717, 1.165) is 18.8 Å². The van der Waals surface area contributed by atoms with Gasteiger partial charge in [-0.3, -0.25) is 0 Å². The molecule has 2 aromatic carbocycles. The van der Waals surface area contributed by atoms with Crippen LogP contribution in [0.15, 0.2) is 54.6 Å². The molecule has 0 unspecified atom stereocenters. The molecule has 1 aliphatic carbocycles. The Balaban J connectivity index is 1.83. The molecule has 0 amide bonds. The van der Waals surface area contributed by atoms with E-state index in [-0.39, 0.29) is 0 Å². The highest BCUT2D eigenvalue weighted by Gasteiger charge is 2.17. The van der Waals surface area contributed by atoms with Crippen molar-refractivity contribution in [2.45, 2.75) is 78.1 Å². The maximum Gasteiger partial charge on any atom is -0.0162 e. The first-order valence-corrected chi connectivity index (χ1v) is 10.9. The zero-order valence-corrected chi connectivity index (χ0v) is 17.6. The summed E-state index contributed by atoms with van der Waals surface area (Å²) in [7, 11) is 0. The maximum absolute atomic E-state index is 4.25. The van der Waals surface area contributed by atoms with Crippen LogP contribution in [0.25, 0.3) is 11.1 Å². The Morgan fingerprint density at radius 1 is 0.963 bits per heavy atom. The van der Waals surface area contributed by atoms with Gasteiger partial charge >= 0.3 is 0 Å². The minimum absolute atomic E-state index is 0.599. The first-order valence-electron chi connectivity index (χ1n) is 10.9.